The van der Waals surface area contributed by atoms with Crippen LogP contribution in [0.2, 0.25) is 0 Å². The van der Waals surface area contributed by atoms with Crippen LogP contribution in [-0.2, 0) is 18.1 Å². The van der Waals surface area contributed by atoms with Crippen molar-refractivity contribution >= 4 is 39.5 Å². The minimum absolute atomic E-state index is 0.0106. The zero-order chi connectivity index (χ0) is 18.9. The topological polar surface area (TPSA) is 68.3 Å². The standard InChI is InChI=1S/C18H12Cl2O4S2/c19-25(21,22)15-7-3-5-13(11-15)17-9-1-2-10-18(17)14-6-4-8-16(12-14)26(20,23)24/h1-12H. The summed E-state index contributed by atoms with van der Waals surface area (Å²) in [6, 6.07) is 19.7. The first-order chi connectivity index (χ1) is 12.2. The largest absolute Gasteiger partial charge is 0.261 e. The first-order valence-corrected chi connectivity index (χ1v) is 12.0. The maximum Gasteiger partial charge on any atom is 0.261 e. The van der Waals surface area contributed by atoms with E-state index in [2.05, 4.69) is 0 Å². The van der Waals surface area contributed by atoms with E-state index < -0.39 is 18.1 Å². The summed E-state index contributed by atoms with van der Waals surface area (Å²) in [5.74, 6) is 0. The van der Waals surface area contributed by atoms with Crippen LogP contribution in [0.1, 0.15) is 0 Å². The lowest BCUT2D eigenvalue weighted by atomic mass is 9.95. The third-order valence-electron chi connectivity index (χ3n) is 3.78. The molecule has 0 aliphatic rings. The van der Waals surface area contributed by atoms with Crippen molar-refractivity contribution in [2.24, 2.45) is 0 Å². The predicted octanol–water partition coefficient (Wildman–Crippen LogP) is 4.88. The lowest BCUT2D eigenvalue weighted by Crippen LogP contribution is -1.93. The van der Waals surface area contributed by atoms with Crippen molar-refractivity contribution in [2.45, 2.75) is 9.79 Å². The minimum Gasteiger partial charge on any atom is -0.207 e. The molecule has 0 saturated heterocycles. The van der Waals surface area contributed by atoms with Crippen LogP contribution < -0.4 is 0 Å². The molecule has 3 rings (SSSR count). The van der Waals surface area contributed by atoms with Crippen LogP contribution in [0.5, 0.6) is 0 Å². The molecule has 0 aliphatic heterocycles. The predicted molar refractivity (Wildman–Crippen MR) is 103 cm³/mol. The Bertz CT molecular complexity index is 1090. The van der Waals surface area contributed by atoms with Crippen LogP contribution in [0, 0.1) is 0 Å². The molecule has 0 aliphatic carbocycles. The van der Waals surface area contributed by atoms with Gasteiger partial charge in [0.25, 0.3) is 18.1 Å². The van der Waals surface area contributed by atoms with Crippen molar-refractivity contribution in [3.8, 4) is 22.3 Å². The van der Waals surface area contributed by atoms with E-state index in [-0.39, 0.29) is 9.79 Å². The van der Waals surface area contributed by atoms with Gasteiger partial charge >= 0.3 is 0 Å². The summed E-state index contributed by atoms with van der Waals surface area (Å²) in [7, 11) is 3.15. The Morgan fingerprint density at radius 2 is 0.923 bits per heavy atom. The van der Waals surface area contributed by atoms with Gasteiger partial charge in [0, 0.05) is 21.4 Å². The lowest BCUT2D eigenvalue weighted by Gasteiger charge is -2.11. The van der Waals surface area contributed by atoms with Gasteiger partial charge in [0.2, 0.25) is 0 Å². The molecule has 4 nitrogen and oxygen atoms in total. The zero-order valence-electron chi connectivity index (χ0n) is 13.1. The molecule has 26 heavy (non-hydrogen) atoms. The van der Waals surface area contributed by atoms with Crippen LogP contribution in [0.3, 0.4) is 0 Å². The van der Waals surface area contributed by atoms with Crippen LogP contribution in [-0.4, -0.2) is 16.8 Å². The molecule has 0 atom stereocenters. The molecule has 0 unspecified atom stereocenters. The Morgan fingerprint density at radius 3 is 1.27 bits per heavy atom. The van der Waals surface area contributed by atoms with Crippen LogP contribution in [0.15, 0.2) is 82.6 Å². The molecule has 0 fully saturated rings. The third-order valence-corrected chi connectivity index (χ3v) is 6.48. The van der Waals surface area contributed by atoms with Crippen molar-refractivity contribution in [1.29, 1.82) is 0 Å². The molecule has 0 N–H and O–H groups in total. The van der Waals surface area contributed by atoms with E-state index in [4.69, 9.17) is 21.4 Å². The quantitative estimate of drug-likeness (QED) is 0.557. The summed E-state index contributed by atoms with van der Waals surface area (Å²) in [5.41, 5.74) is 2.75. The summed E-state index contributed by atoms with van der Waals surface area (Å²) in [5, 5.41) is 0. The second-order valence-corrected chi connectivity index (χ2v) is 10.6. The maximum absolute atomic E-state index is 11.6. The number of benzene rings is 3. The van der Waals surface area contributed by atoms with Crippen molar-refractivity contribution in [1.82, 2.24) is 0 Å². The third kappa shape index (κ3) is 4.10. The van der Waals surface area contributed by atoms with Crippen LogP contribution in [0.25, 0.3) is 22.3 Å². The van der Waals surface area contributed by atoms with Crippen LogP contribution >= 0.6 is 21.4 Å². The van der Waals surface area contributed by atoms with E-state index in [9.17, 15) is 16.8 Å². The van der Waals surface area contributed by atoms with Gasteiger partial charge in [0.1, 0.15) is 0 Å². The van der Waals surface area contributed by atoms with Gasteiger partial charge in [-0.3, -0.25) is 0 Å². The molecule has 8 heteroatoms. The van der Waals surface area contributed by atoms with E-state index in [0.717, 1.165) is 11.1 Å². The molecule has 0 radical (unpaired) electrons. The Balaban J connectivity index is 2.20. The first-order valence-electron chi connectivity index (χ1n) is 7.35. The minimum atomic E-state index is -3.86. The Hall–Kier alpha value is -1.86. The van der Waals surface area contributed by atoms with E-state index in [1.165, 1.54) is 24.3 Å². The van der Waals surface area contributed by atoms with Crippen molar-refractivity contribution in [3.63, 3.8) is 0 Å². The van der Waals surface area contributed by atoms with E-state index in [1.54, 1.807) is 24.3 Å². The summed E-state index contributed by atoms with van der Waals surface area (Å²) in [6.07, 6.45) is 0. The highest BCUT2D eigenvalue weighted by Crippen LogP contribution is 2.34. The molecule has 0 aromatic heterocycles. The average molecular weight is 427 g/mol. The second kappa shape index (κ2) is 7.04. The summed E-state index contributed by atoms with van der Waals surface area (Å²) >= 11 is 0. The monoisotopic (exact) mass is 426 g/mol. The number of hydrogen-bond acceptors (Lipinski definition) is 4. The molecular weight excluding hydrogens is 415 g/mol. The molecule has 0 amide bonds. The van der Waals surface area contributed by atoms with E-state index >= 15 is 0 Å². The molecule has 0 bridgehead atoms. The molecular formula is C18H12Cl2O4S2. The summed E-state index contributed by atoms with van der Waals surface area (Å²) in [6.45, 7) is 0. The van der Waals surface area contributed by atoms with Crippen molar-refractivity contribution in [3.05, 3.63) is 72.8 Å². The zero-order valence-corrected chi connectivity index (χ0v) is 16.3. The fourth-order valence-electron chi connectivity index (χ4n) is 2.62. The SMILES string of the molecule is O=S(=O)(Cl)c1cccc(-c2ccccc2-c2cccc(S(=O)(=O)Cl)c2)c1. The Morgan fingerprint density at radius 1 is 0.538 bits per heavy atom. The fraction of sp³-hybridized carbons (Fsp3) is 0. The highest BCUT2D eigenvalue weighted by molar-refractivity contribution is 8.14. The van der Waals surface area contributed by atoms with Gasteiger partial charge in [0.05, 0.1) is 9.79 Å². The normalized spacial score (nSPS) is 12.1. The van der Waals surface area contributed by atoms with Gasteiger partial charge in [-0.25, -0.2) is 16.8 Å². The lowest BCUT2D eigenvalue weighted by molar-refractivity contribution is 0.608. The number of rotatable bonds is 4. The summed E-state index contributed by atoms with van der Waals surface area (Å²) < 4.78 is 46.4. The molecule has 3 aromatic carbocycles. The average Bonchev–Trinajstić information content (AvgIpc) is 2.60. The molecule has 0 saturated carbocycles. The first kappa shape index (κ1) is 18.9. The summed E-state index contributed by atoms with van der Waals surface area (Å²) in [4.78, 5) is -0.0212. The van der Waals surface area contributed by atoms with E-state index in [0.29, 0.717) is 11.1 Å². The molecule has 0 heterocycles. The fourth-order valence-corrected chi connectivity index (χ4v) is 4.21. The van der Waals surface area contributed by atoms with Gasteiger partial charge in [0.15, 0.2) is 0 Å². The maximum atomic E-state index is 11.6. The van der Waals surface area contributed by atoms with Gasteiger partial charge in [-0.15, -0.1) is 0 Å². The van der Waals surface area contributed by atoms with Crippen LogP contribution in [0.4, 0.5) is 0 Å². The molecule has 134 valence electrons. The number of halogens is 2. The highest BCUT2D eigenvalue weighted by atomic mass is 35.7. The second-order valence-electron chi connectivity index (χ2n) is 5.48. The number of hydrogen-bond donors (Lipinski definition) is 0. The van der Waals surface area contributed by atoms with Gasteiger partial charge in [-0.05, 0) is 46.5 Å². The Kier molecular flexibility index (Phi) is 5.12. The van der Waals surface area contributed by atoms with Gasteiger partial charge < -0.3 is 0 Å². The van der Waals surface area contributed by atoms with Crippen molar-refractivity contribution < 1.29 is 16.8 Å². The molecule has 3 aromatic rings. The van der Waals surface area contributed by atoms with Gasteiger partial charge in [-0.2, -0.15) is 0 Å². The molecule has 0 spiro atoms. The smallest absolute Gasteiger partial charge is 0.207 e. The Labute approximate surface area is 160 Å². The highest BCUT2D eigenvalue weighted by Gasteiger charge is 2.15. The van der Waals surface area contributed by atoms with Crippen molar-refractivity contribution in [2.75, 3.05) is 0 Å². The van der Waals surface area contributed by atoms with E-state index in [1.807, 2.05) is 24.3 Å². The van der Waals surface area contributed by atoms with Gasteiger partial charge in [-0.1, -0.05) is 48.5 Å².